The van der Waals surface area contributed by atoms with Gasteiger partial charge < -0.3 is 4.74 Å². The highest BCUT2D eigenvalue weighted by molar-refractivity contribution is 6.33. The van der Waals surface area contributed by atoms with Gasteiger partial charge in [-0.05, 0) is 0 Å². The number of Topliss-reactive ketones (excluding diaryl/α,β-unsaturated/α-hetero) is 1. The number of halogens is 1. The van der Waals surface area contributed by atoms with Crippen molar-refractivity contribution in [1.29, 1.82) is 0 Å². The minimum absolute atomic E-state index is 0.00861. The third-order valence-electron chi connectivity index (χ3n) is 1.66. The number of hydrogen-bond acceptors (Lipinski definition) is 3. The lowest BCUT2D eigenvalue weighted by molar-refractivity contribution is 0.0988. The number of pyridine rings is 1. The Morgan fingerprint density at radius 2 is 2.38 bits per heavy atom. The first-order valence-corrected chi connectivity index (χ1v) is 4.29. The van der Waals surface area contributed by atoms with Crippen LogP contribution in [-0.4, -0.2) is 17.9 Å². The lowest BCUT2D eigenvalue weighted by Crippen LogP contribution is -1.99. The van der Waals surface area contributed by atoms with E-state index in [0.29, 0.717) is 22.9 Å². The van der Waals surface area contributed by atoms with Crippen molar-refractivity contribution in [3.63, 3.8) is 0 Å². The predicted molar refractivity (Wildman–Crippen MR) is 50.4 cm³/mol. The van der Waals surface area contributed by atoms with E-state index >= 15 is 0 Å². The lowest BCUT2D eigenvalue weighted by atomic mass is 10.1. The molecule has 0 aromatic carbocycles. The smallest absolute Gasteiger partial charge is 0.213 e. The Morgan fingerprint density at radius 3 is 2.92 bits per heavy atom. The van der Waals surface area contributed by atoms with Gasteiger partial charge in [0.1, 0.15) is 0 Å². The fourth-order valence-corrected chi connectivity index (χ4v) is 1.14. The molecule has 0 aliphatic carbocycles. The van der Waals surface area contributed by atoms with Crippen molar-refractivity contribution in [2.24, 2.45) is 0 Å². The molecule has 0 fully saturated rings. The molecule has 1 rings (SSSR count). The molecule has 1 aromatic rings. The molecule has 0 saturated heterocycles. The highest BCUT2D eigenvalue weighted by atomic mass is 35.5. The summed E-state index contributed by atoms with van der Waals surface area (Å²) in [6.07, 6.45) is 1.84. The fourth-order valence-electron chi connectivity index (χ4n) is 0.935. The van der Waals surface area contributed by atoms with Crippen LogP contribution in [0.1, 0.15) is 23.7 Å². The quantitative estimate of drug-likeness (QED) is 0.702. The molecule has 0 spiro atoms. The van der Waals surface area contributed by atoms with Gasteiger partial charge in [-0.1, -0.05) is 18.5 Å². The van der Waals surface area contributed by atoms with E-state index in [1.165, 1.54) is 13.3 Å². The average Bonchev–Trinajstić information content (AvgIpc) is 2.17. The Bertz CT molecular complexity index is 325. The number of ether oxygens (including phenoxy) is 1. The Balaban J connectivity index is 3.11. The lowest BCUT2D eigenvalue weighted by Gasteiger charge is -2.03. The number of nitrogens with zero attached hydrogens (tertiary/aromatic N) is 1. The summed E-state index contributed by atoms with van der Waals surface area (Å²) in [5.41, 5.74) is 0.469. The van der Waals surface area contributed by atoms with Gasteiger partial charge in [-0.15, -0.1) is 0 Å². The third-order valence-corrected chi connectivity index (χ3v) is 1.96. The summed E-state index contributed by atoms with van der Waals surface area (Å²) in [5, 5.41) is 0.368. The average molecular weight is 200 g/mol. The van der Waals surface area contributed by atoms with Gasteiger partial charge in [-0.2, -0.15) is 0 Å². The standard InChI is InChI=1S/C9H10ClNO2/c1-3-8(12)6-4-9(13-2)11-5-7(6)10/h4-5H,3H2,1-2H3. The molecule has 0 N–H and O–H groups in total. The summed E-state index contributed by atoms with van der Waals surface area (Å²) >= 11 is 5.79. The van der Waals surface area contributed by atoms with Crippen LogP contribution in [0, 0.1) is 0 Å². The van der Waals surface area contributed by atoms with Gasteiger partial charge >= 0.3 is 0 Å². The largest absolute Gasteiger partial charge is 0.481 e. The SMILES string of the molecule is CCC(=O)c1cc(OC)ncc1Cl. The van der Waals surface area contributed by atoms with Crippen LogP contribution in [0.25, 0.3) is 0 Å². The number of rotatable bonds is 3. The van der Waals surface area contributed by atoms with Gasteiger partial charge in [0, 0.05) is 18.1 Å². The molecule has 1 aromatic heterocycles. The van der Waals surface area contributed by atoms with Crippen LogP contribution < -0.4 is 4.74 Å². The first-order chi connectivity index (χ1) is 6.19. The molecular formula is C9H10ClNO2. The number of aromatic nitrogens is 1. The number of carbonyl (C=O) groups excluding carboxylic acids is 1. The van der Waals surface area contributed by atoms with Crippen LogP contribution in [-0.2, 0) is 0 Å². The van der Waals surface area contributed by atoms with E-state index in [1.54, 1.807) is 13.0 Å². The Labute approximate surface area is 81.7 Å². The van der Waals surface area contributed by atoms with E-state index in [0.717, 1.165) is 0 Å². The van der Waals surface area contributed by atoms with Crippen LogP contribution in [0.5, 0.6) is 5.88 Å². The monoisotopic (exact) mass is 199 g/mol. The molecule has 70 valence electrons. The second-order valence-electron chi connectivity index (χ2n) is 2.48. The highest BCUT2D eigenvalue weighted by Crippen LogP contribution is 2.20. The minimum Gasteiger partial charge on any atom is -0.481 e. The maximum Gasteiger partial charge on any atom is 0.213 e. The summed E-state index contributed by atoms with van der Waals surface area (Å²) in [6.45, 7) is 1.78. The molecule has 0 aliphatic rings. The Morgan fingerprint density at radius 1 is 1.69 bits per heavy atom. The molecule has 0 amide bonds. The molecule has 0 radical (unpaired) electrons. The minimum atomic E-state index is -0.00861. The van der Waals surface area contributed by atoms with Gasteiger partial charge in [0.25, 0.3) is 0 Å². The maximum absolute atomic E-state index is 11.3. The molecule has 13 heavy (non-hydrogen) atoms. The summed E-state index contributed by atoms with van der Waals surface area (Å²) in [5.74, 6) is 0.395. The topological polar surface area (TPSA) is 39.2 Å². The highest BCUT2D eigenvalue weighted by Gasteiger charge is 2.09. The third kappa shape index (κ3) is 2.18. The second kappa shape index (κ2) is 4.23. The van der Waals surface area contributed by atoms with Crippen molar-refractivity contribution in [2.75, 3.05) is 7.11 Å². The normalized spacial score (nSPS) is 9.77. The molecule has 0 aliphatic heterocycles. The van der Waals surface area contributed by atoms with Crippen molar-refractivity contribution < 1.29 is 9.53 Å². The molecule has 4 heteroatoms. The summed E-state index contributed by atoms with van der Waals surface area (Å²) in [4.78, 5) is 15.2. The summed E-state index contributed by atoms with van der Waals surface area (Å²) < 4.78 is 4.88. The van der Waals surface area contributed by atoms with E-state index in [-0.39, 0.29) is 5.78 Å². The van der Waals surface area contributed by atoms with Crippen molar-refractivity contribution >= 4 is 17.4 Å². The van der Waals surface area contributed by atoms with Crippen molar-refractivity contribution in [3.8, 4) is 5.88 Å². The van der Waals surface area contributed by atoms with Gasteiger partial charge in [-0.25, -0.2) is 4.98 Å². The number of ketones is 1. The van der Waals surface area contributed by atoms with Crippen LogP contribution in [0.15, 0.2) is 12.3 Å². The molecule has 0 bridgehead atoms. The first kappa shape index (κ1) is 9.99. The predicted octanol–water partition coefficient (Wildman–Crippen LogP) is 2.34. The molecule has 3 nitrogen and oxygen atoms in total. The Hall–Kier alpha value is -1.09. The zero-order valence-electron chi connectivity index (χ0n) is 7.50. The van der Waals surface area contributed by atoms with E-state index in [2.05, 4.69) is 4.98 Å². The van der Waals surface area contributed by atoms with Gasteiger partial charge in [0.05, 0.1) is 18.3 Å². The van der Waals surface area contributed by atoms with Crippen LogP contribution in [0.4, 0.5) is 0 Å². The van der Waals surface area contributed by atoms with Crippen LogP contribution in [0.3, 0.4) is 0 Å². The van der Waals surface area contributed by atoms with Gasteiger partial charge in [0.2, 0.25) is 5.88 Å². The first-order valence-electron chi connectivity index (χ1n) is 3.91. The van der Waals surface area contributed by atoms with E-state index in [1.807, 2.05) is 0 Å². The second-order valence-corrected chi connectivity index (χ2v) is 2.89. The molecule has 0 saturated carbocycles. The zero-order valence-corrected chi connectivity index (χ0v) is 8.26. The molecular weight excluding hydrogens is 190 g/mol. The molecule has 1 heterocycles. The van der Waals surface area contributed by atoms with Gasteiger partial charge in [0.15, 0.2) is 5.78 Å². The maximum atomic E-state index is 11.3. The number of methoxy groups -OCH3 is 1. The number of carbonyl (C=O) groups is 1. The fraction of sp³-hybridized carbons (Fsp3) is 0.333. The van der Waals surface area contributed by atoms with E-state index in [4.69, 9.17) is 16.3 Å². The molecule has 0 atom stereocenters. The van der Waals surface area contributed by atoms with Crippen molar-refractivity contribution in [3.05, 3.63) is 22.8 Å². The van der Waals surface area contributed by atoms with E-state index in [9.17, 15) is 4.79 Å². The summed E-state index contributed by atoms with van der Waals surface area (Å²) in [7, 11) is 1.50. The Kier molecular flexibility index (Phi) is 3.25. The zero-order chi connectivity index (χ0) is 9.84. The van der Waals surface area contributed by atoms with Crippen molar-refractivity contribution in [2.45, 2.75) is 13.3 Å². The van der Waals surface area contributed by atoms with Gasteiger partial charge in [-0.3, -0.25) is 4.79 Å². The van der Waals surface area contributed by atoms with E-state index < -0.39 is 0 Å². The van der Waals surface area contributed by atoms with Crippen LogP contribution >= 0.6 is 11.6 Å². The summed E-state index contributed by atoms with van der Waals surface area (Å²) in [6, 6.07) is 1.55. The van der Waals surface area contributed by atoms with Crippen molar-refractivity contribution in [1.82, 2.24) is 4.98 Å². The number of hydrogen-bond donors (Lipinski definition) is 0. The molecule has 0 unspecified atom stereocenters. The van der Waals surface area contributed by atoms with Crippen LogP contribution in [0.2, 0.25) is 5.02 Å².